The smallest absolute Gasteiger partial charge is 0.122 e. The van der Waals surface area contributed by atoms with Crippen LogP contribution >= 0.6 is 23.5 Å². The third-order valence-electron chi connectivity index (χ3n) is 5.27. The molecule has 1 N–H and O–H groups in total. The second-order valence-electron chi connectivity index (χ2n) is 8.32. The second-order valence-corrected chi connectivity index (χ2v) is 10.2. The Morgan fingerprint density at radius 1 is 0.722 bits per heavy atom. The van der Waals surface area contributed by atoms with Crippen LogP contribution in [-0.2, 0) is 11.5 Å². The lowest BCUT2D eigenvalue weighted by Gasteiger charge is -2.10. The second kappa shape index (κ2) is 22.5. The molecule has 0 aromatic heterocycles. The van der Waals surface area contributed by atoms with Gasteiger partial charge in [-0.05, 0) is 94.7 Å². The normalized spacial score (nSPS) is 8.92. The summed E-state index contributed by atoms with van der Waals surface area (Å²) in [5.41, 5.74) is 3.09. The van der Waals surface area contributed by atoms with Gasteiger partial charge in [0.1, 0.15) is 5.75 Å². The van der Waals surface area contributed by atoms with E-state index in [1.54, 1.807) is 0 Å². The highest BCUT2D eigenvalue weighted by Gasteiger charge is 2.07. The number of terminal acetylenes is 1. The number of hydrogen-bond donors (Lipinski definition) is 1. The molecule has 0 amide bonds. The fourth-order valence-corrected chi connectivity index (χ4v) is 4.96. The van der Waals surface area contributed by atoms with Gasteiger partial charge in [0.25, 0.3) is 0 Å². The van der Waals surface area contributed by atoms with Gasteiger partial charge < -0.3 is 5.11 Å². The Balaban J connectivity index is 2.32. The van der Waals surface area contributed by atoms with Crippen LogP contribution in [0.3, 0.4) is 0 Å². The van der Waals surface area contributed by atoms with Gasteiger partial charge >= 0.3 is 0 Å². The standard InChI is InChI=1S/C33H36OS2/c1-4-6-8-10-12-14-16-18-20-22-24-35-28-31-26-30(3)33(34)32(27-31)29-36-25-23-21-19-17-15-13-11-9-7-5-2/h2,26-27,34H,4,6,8,10,12,14,16,18,20,22,24,28-29H2,1,3H3. The van der Waals surface area contributed by atoms with Crippen LogP contribution < -0.4 is 0 Å². The Morgan fingerprint density at radius 3 is 1.89 bits per heavy atom. The fraction of sp³-hybridized carbons (Fsp3) is 0.455. The highest BCUT2D eigenvalue weighted by atomic mass is 32.2. The molecule has 0 radical (unpaired) electrons. The van der Waals surface area contributed by atoms with Crippen molar-refractivity contribution >= 4 is 23.5 Å². The molecule has 0 aliphatic rings. The molecule has 0 fully saturated rings. The molecular weight excluding hydrogens is 476 g/mol. The van der Waals surface area contributed by atoms with Crippen LogP contribution in [0.2, 0.25) is 0 Å². The highest BCUT2D eigenvalue weighted by molar-refractivity contribution is 8.03. The molecule has 0 bridgehead atoms. The quantitative estimate of drug-likeness (QED) is 0.192. The Bertz CT molecular complexity index is 1150. The zero-order chi connectivity index (χ0) is 26.1. The van der Waals surface area contributed by atoms with Crippen molar-refractivity contribution in [3.8, 4) is 76.6 Å². The lowest BCUT2D eigenvalue weighted by Crippen LogP contribution is -1.91. The zero-order valence-corrected chi connectivity index (χ0v) is 23.3. The van der Waals surface area contributed by atoms with Gasteiger partial charge in [0.05, 0.1) is 0 Å². The molecule has 1 nitrogen and oxygen atoms in total. The van der Waals surface area contributed by atoms with Crippen molar-refractivity contribution in [2.24, 2.45) is 0 Å². The number of hydrogen-bond acceptors (Lipinski definition) is 3. The molecule has 0 heterocycles. The molecule has 186 valence electrons. The predicted molar refractivity (Wildman–Crippen MR) is 160 cm³/mol. The SMILES string of the molecule is C#CC#CC#CC#CC#CC#CSCc1cc(CSCCCCCCCCCCCC)cc(C)c1O. The predicted octanol–water partition coefficient (Wildman–Crippen LogP) is 7.70. The molecule has 1 aromatic rings. The summed E-state index contributed by atoms with van der Waals surface area (Å²) >= 11 is 3.40. The van der Waals surface area contributed by atoms with Crippen molar-refractivity contribution < 1.29 is 5.11 Å². The van der Waals surface area contributed by atoms with Gasteiger partial charge in [-0.15, -0.1) is 6.42 Å². The first-order valence-electron chi connectivity index (χ1n) is 12.7. The first-order chi connectivity index (χ1) is 17.7. The summed E-state index contributed by atoms with van der Waals surface area (Å²) in [6, 6.07) is 4.19. The average Bonchev–Trinajstić information content (AvgIpc) is 2.88. The van der Waals surface area contributed by atoms with E-state index in [4.69, 9.17) is 6.42 Å². The summed E-state index contributed by atoms with van der Waals surface area (Å²) in [5, 5.41) is 13.4. The van der Waals surface area contributed by atoms with Crippen molar-refractivity contribution in [1.82, 2.24) is 0 Å². The number of aryl methyl sites for hydroxylation is 1. The topological polar surface area (TPSA) is 20.2 Å². The van der Waals surface area contributed by atoms with Gasteiger partial charge in [0.15, 0.2) is 0 Å². The fourth-order valence-electron chi connectivity index (χ4n) is 3.44. The molecule has 3 heteroatoms. The Labute approximate surface area is 228 Å². The average molecular weight is 513 g/mol. The number of unbranched alkanes of at least 4 members (excludes halogenated alkanes) is 9. The van der Waals surface area contributed by atoms with Crippen molar-refractivity contribution in [1.29, 1.82) is 0 Å². The third-order valence-corrected chi connectivity index (χ3v) is 7.09. The minimum Gasteiger partial charge on any atom is -0.507 e. The maximum Gasteiger partial charge on any atom is 0.122 e. The molecule has 36 heavy (non-hydrogen) atoms. The van der Waals surface area contributed by atoms with Crippen LogP contribution in [0.1, 0.15) is 87.8 Å². The summed E-state index contributed by atoms with van der Waals surface area (Å²) in [7, 11) is 0. The number of benzene rings is 1. The van der Waals surface area contributed by atoms with E-state index in [-0.39, 0.29) is 0 Å². The third kappa shape index (κ3) is 16.7. The van der Waals surface area contributed by atoms with Gasteiger partial charge in [-0.3, -0.25) is 0 Å². The van der Waals surface area contributed by atoms with E-state index in [2.05, 4.69) is 83.5 Å². The maximum atomic E-state index is 10.4. The van der Waals surface area contributed by atoms with Gasteiger partial charge in [0, 0.05) is 17.1 Å². The molecule has 0 aliphatic heterocycles. The molecule has 0 saturated heterocycles. The Morgan fingerprint density at radius 2 is 1.28 bits per heavy atom. The van der Waals surface area contributed by atoms with Crippen LogP contribution in [-0.4, -0.2) is 10.9 Å². The van der Waals surface area contributed by atoms with Gasteiger partial charge in [-0.1, -0.05) is 88.6 Å². The van der Waals surface area contributed by atoms with E-state index in [1.165, 1.54) is 87.3 Å². The molecule has 0 atom stereocenters. The van der Waals surface area contributed by atoms with E-state index >= 15 is 0 Å². The number of phenolic OH excluding ortho intramolecular Hbond substituents is 1. The van der Waals surface area contributed by atoms with Crippen LogP contribution in [0, 0.1) is 77.8 Å². The maximum absolute atomic E-state index is 10.4. The molecular formula is C33H36OS2. The molecule has 0 saturated carbocycles. The molecule has 0 spiro atoms. The summed E-state index contributed by atoms with van der Waals surface area (Å²) in [5.74, 6) is 28.4. The van der Waals surface area contributed by atoms with Gasteiger partial charge in [-0.25, -0.2) is 0 Å². The van der Waals surface area contributed by atoms with Crippen molar-refractivity contribution in [3.05, 3.63) is 28.8 Å². The van der Waals surface area contributed by atoms with Crippen molar-refractivity contribution in [3.63, 3.8) is 0 Å². The van der Waals surface area contributed by atoms with E-state index < -0.39 is 0 Å². The van der Waals surface area contributed by atoms with E-state index in [1.807, 2.05) is 18.7 Å². The zero-order valence-electron chi connectivity index (χ0n) is 21.7. The Kier molecular flexibility index (Phi) is 19.5. The van der Waals surface area contributed by atoms with Crippen LogP contribution in [0.15, 0.2) is 12.1 Å². The summed E-state index contributed by atoms with van der Waals surface area (Å²) in [6.07, 6.45) is 18.7. The van der Waals surface area contributed by atoms with Crippen molar-refractivity contribution in [2.75, 3.05) is 5.75 Å². The summed E-state index contributed by atoms with van der Waals surface area (Å²) < 4.78 is 0. The number of phenols is 1. The minimum atomic E-state index is 0.358. The molecule has 0 aliphatic carbocycles. The number of thioether (sulfide) groups is 2. The molecule has 1 rings (SSSR count). The van der Waals surface area contributed by atoms with E-state index in [9.17, 15) is 5.11 Å². The van der Waals surface area contributed by atoms with Crippen molar-refractivity contribution in [2.45, 2.75) is 89.6 Å². The Hall–Kier alpha value is -2.92. The van der Waals surface area contributed by atoms with Gasteiger partial charge in [0.2, 0.25) is 0 Å². The van der Waals surface area contributed by atoms with Gasteiger partial charge in [-0.2, -0.15) is 11.8 Å². The lowest BCUT2D eigenvalue weighted by atomic mass is 10.1. The minimum absolute atomic E-state index is 0.358. The summed E-state index contributed by atoms with van der Waals surface area (Å²) in [6.45, 7) is 4.23. The number of aromatic hydroxyl groups is 1. The first-order valence-corrected chi connectivity index (χ1v) is 14.8. The summed E-state index contributed by atoms with van der Waals surface area (Å²) in [4.78, 5) is 0. The van der Waals surface area contributed by atoms with E-state index in [0.717, 1.165) is 16.9 Å². The van der Waals surface area contributed by atoms with Crippen LogP contribution in [0.25, 0.3) is 0 Å². The lowest BCUT2D eigenvalue weighted by molar-refractivity contribution is 0.466. The molecule has 1 aromatic carbocycles. The number of rotatable bonds is 15. The molecule has 0 unspecified atom stereocenters. The largest absolute Gasteiger partial charge is 0.507 e. The van der Waals surface area contributed by atoms with Crippen LogP contribution in [0.5, 0.6) is 5.75 Å². The van der Waals surface area contributed by atoms with E-state index in [0.29, 0.717) is 11.5 Å². The monoisotopic (exact) mass is 512 g/mol. The van der Waals surface area contributed by atoms with Crippen LogP contribution in [0.4, 0.5) is 0 Å². The first kappa shape index (κ1) is 31.1. The highest BCUT2D eigenvalue weighted by Crippen LogP contribution is 2.29.